The molecule has 1 aromatic rings. The molecule has 1 fully saturated rings. The maximum Gasteiger partial charge on any atom is 0.138 e. The summed E-state index contributed by atoms with van der Waals surface area (Å²) in [5.41, 5.74) is 1.02. The smallest absolute Gasteiger partial charge is 0.138 e. The third-order valence-electron chi connectivity index (χ3n) is 3.18. The van der Waals surface area contributed by atoms with Crippen LogP contribution in [-0.2, 0) is 4.74 Å². The van der Waals surface area contributed by atoms with Crippen molar-refractivity contribution in [1.29, 1.82) is 0 Å². The molecular weight excluding hydrogens is 262 g/mol. The normalized spacial score (nSPS) is 16.5. The first-order valence-electron chi connectivity index (χ1n) is 6.82. The predicted octanol–water partition coefficient (Wildman–Crippen LogP) is 3.96. The topological polar surface area (TPSA) is 30.5 Å². The molecule has 0 saturated heterocycles. The Hall–Kier alpha value is -0.930. The second-order valence-electron chi connectivity index (χ2n) is 5.36. The molecule has 19 heavy (non-hydrogen) atoms. The fourth-order valence-electron chi connectivity index (χ4n) is 2.13. The molecule has 3 nitrogen and oxygen atoms in total. The summed E-state index contributed by atoms with van der Waals surface area (Å²) in [5, 5.41) is 4.14. The highest BCUT2D eigenvalue weighted by Gasteiger charge is 2.31. The molecule has 0 heterocycles. The SMILES string of the molecule is COCC(Nc1ccc(OC(C)C)c(Cl)c1)C1CC1. The lowest BCUT2D eigenvalue weighted by Crippen LogP contribution is -2.27. The van der Waals surface area contributed by atoms with Gasteiger partial charge in [-0.3, -0.25) is 0 Å². The molecule has 1 atom stereocenters. The van der Waals surface area contributed by atoms with Crippen molar-refractivity contribution in [2.45, 2.75) is 38.8 Å². The minimum atomic E-state index is 0.129. The first kappa shape index (κ1) is 14.5. The maximum atomic E-state index is 6.23. The fraction of sp³-hybridized carbons (Fsp3) is 0.600. The van der Waals surface area contributed by atoms with Gasteiger partial charge in [0.25, 0.3) is 0 Å². The third kappa shape index (κ3) is 4.29. The number of rotatable bonds is 7. The van der Waals surface area contributed by atoms with Crippen LogP contribution >= 0.6 is 11.6 Å². The van der Waals surface area contributed by atoms with Crippen molar-refractivity contribution < 1.29 is 9.47 Å². The minimum Gasteiger partial charge on any atom is -0.489 e. The zero-order valence-corrected chi connectivity index (χ0v) is 12.5. The highest BCUT2D eigenvalue weighted by Crippen LogP contribution is 2.35. The summed E-state index contributed by atoms with van der Waals surface area (Å²) >= 11 is 6.23. The lowest BCUT2D eigenvalue weighted by Gasteiger charge is -2.19. The van der Waals surface area contributed by atoms with Crippen molar-refractivity contribution in [1.82, 2.24) is 0 Å². The van der Waals surface area contributed by atoms with Crippen LogP contribution in [0, 0.1) is 5.92 Å². The van der Waals surface area contributed by atoms with E-state index in [2.05, 4.69) is 5.32 Å². The van der Waals surface area contributed by atoms with Crippen molar-refractivity contribution in [2.24, 2.45) is 5.92 Å². The van der Waals surface area contributed by atoms with Gasteiger partial charge < -0.3 is 14.8 Å². The van der Waals surface area contributed by atoms with Gasteiger partial charge in [-0.15, -0.1) is 0 Å². The standard InChI is InChI=1S/C15H22ClNO2/c1-10(2)19-15-7-6-12(8-13(15)16)17-14(9-18-3)11-4-5-11/h6-8,10-11,14,17H,4-5,9H2,1-3H3. The molecule has 106 valence electrons. The van der Waals surface area contributed by atoms with Crippen molar-refractivity contribution >= 4 is 17.3 Å². The molecule has 1 unspecified atom stereocenters. The highest BCUT2D eigenvalue weighted by molar-refractivity contribution is 6.32. The van der Waals surface area contributed by atoms with E-state index >= 15 is 0 Å². The molecule has 1 N–H and O–H groups in total. The van der Waals surface area contributed by atoms with Gasteiger partial charge in [0.15, 0.2) is 0 Å². The molecule has 1 aromatic carbocycles. The van der Waals surface area contributed by atoms with Crippen LogP contribution in [0.5, 0.6) is 5.75 Å². The molecule has 1 aliphatic carbocycles. The van der Waals surface area contributed by atoms with Gasteiger partial charge in [0.2, 0.25) is 0 Å². The molecule has 1 aliphatic rings. The van der Waals surface area contributed by atoms with Gasteiger partial charge in [0.05, 0.1) is 23.8 Å². The van der Waals surface area contributed by atoms with E-state index in [0.717, 1.165) is 24.0 Å². The molecule has 0 spiro atoms. The van der Waals surface area contributed by atoms with Crippen LogP contribution in [0.4, 0.5) is 5.69 Å². The van der Waals surface area contributed by atoms with Crippen molar-refractivity contribution in [3.05, 3.63) is 23.2 Å². The van der Waals surface area contributed by atoms with Crippen LogP contribution in [0.2, 0.25) is 5.02 Å². The number of hydrogen-bond acceptors (Lipinski definition) is 3. The van der Waals surface area contributed by atoms with E-state index < -0.39 is 0 Å². The van der Waals surface area contributed by atoms with Crippen molar-refractivity contribution in [2.75, 3.05) is 19.0 Å². The Morgan fingerprint density at radius 3 is 2.63 bits per heavy atom. The van der Waals surface area contributed by atoms with Crippen molar-refractivity contribution in [3.63, 3.8) is 0 Å². The number of anilines is 1. The van der Waals surface area contributed by atoms with Crippen LogP contribution < -0.4 is 10.1 Å². The number of nitrogens with one attached hydrogen (secondary N) is 1. The van der Waals surface area contributed by atoms with Crippen molar-refractivity contribution in [3.8, 4) is 5.75 Å². The Bertz CT molecular complexity index is 419. The van der Waals surface area contributed by atoms with E-state index in [1.54, 1.807) is 7.11 Å². The monoisotopic (exact) mass is 283 g/mol. The Balaban J connectivity index is 2.02. The molecule has 0 bridgehead atoms. The van der Waals surface area contributed by atoms with E-state index in [1.807, 2.05) is 32.0 Å². The Morgan fingerprint density at radius 1 is 1.37 bits per heavy atom. The quantitative estimate of drug-likeness (QED) is 0.821. The summed E-state index contributed by atoms with van der Waals surface area (Å²) in [4.78, 5) is 0. The molecule has 0 amide bonds. The largest absolute Gasteiger partial charge is 0.489 e. The zero-order valence-electron chi connectivity index (χ0n) is 11.8. The summed E-state index contributed by atoms with van der Waals surface area (Å²) in [6.45, 7) is 4.71. The summed E-state index contributed by atoms with van der Waals surface area (Å²) in [6.07, 6.45) is 2.69. The summed E-state index contributed by atoms with van der Waals surface area (Å²) in [6, 6.07) is 6.22. The van der Waals surface area contributed by atoms with Gasteiger partial charge in [-0.25, -0.2) is 0 Å². The second-order valence-corrected chi connectivity index (χ2v) is 5.76. The van der Waals surface area contributed by atoms with E-state index in [1.165, 1.54) is 12.8 Å². The van der Waals surface area contributed by atoms with Crippen LogP contribution in [0.1, 0.15) is 26.7 Å². The zero-order chi connectivity index (χ0) is 13.8. The van der Waals surface area contributed by atoms with E-state index in [9.17, 15) is 0 Å². The van der Waals surface area contributed by atoms with Crippen LogP contribution in [-0.4, -0.2) is 25.9 Å². The van der Waals surface area contributed by atoms with Crippen LogP contribution in [0.25, 0.3) is 0 Å². The van der Waals surface area contributed by atoms with E-state index in [4.69, 9.17) is 21.1 Å². The molecule has 0 aliphatic heterocycles. The molecule has 1 saturated carbocycles. The molecule has 2 rings (SSSR count). The highest BCUT2D eigenvalue weighted by atomic mass is 35.5. The first-order valence-corrected chi connectivity index (χ1v) is 7.19. The van der Waals surface area contributed by atoms with Crippen LogP contribution in [0.3, 0.4) is 0 Å². The number of halogens is 1. The molecular formula is C15H22ClNO2. The lowest BCUT2D eigenvalue weighted by molar-refractivity contribution is 0.179. The number of methoxy groups -OCH3 is 1. The number of hydrogen-bond donors (Lipinski definition) is 1. The summed E-state index contributed by atoms with van der Waals surface area (Å²) < 4.78 is 10.9. The van der Waals surface area contributed by atoms with Crippen LogP contribution in [0.15, 0.2) is 18.2 Å². The van der Waals surface area contributed by atoms with Gasteiger partial charge in [-0.2, -0.15) is 0 Å². The number of benzene rings is 1. The molecule has 0 radical (unpaired) electrons. The van der Waals surface area contributed by atoms with E-state index in [-0.39, 0.29) is 6.10 Å². The van der Waals surface area contributed by atoms with Gasteiger partial charge in [0, 0.05) is 12.8 Å². The Morgan fingerprint density at radius 2 is 2.11 bits per heavy atom. The third-order valence-corrected chi connectivity index (χ3v) is 3.48. The minimum absolute atomic E-state index is 0.129. The Kier molecular flexibility index (Phi) is 4.94. The maximum absolute atomic E-state index is 6.23. The summed E-state index contributed by atoms with van der Waals surface area (Å²) in [5.74, 6) is 1.46. The fourth-order valence-corrected chi connectivity index (χ4v) is 2.35. The predicted molar refractivity (Wildman–Crippen MR) is 79.2 cm³/mol. The lowest BCUT2D eigenvalue weighted by atomic mass is 10.2. The average molecular weight is 284 g/mol. The second kappa shape index (κ2) is 6.49. The number of ether oxygens (including phenoxy) is 2. The van der Waals surface area contributed by atoms with Gasteiger partial charge in [-0.05, 0) is 50.8 Å². The first-order chi connectivity index (χ1) is 9.10. The van der Waals surface area contributed by atoms with Gasteiger partial charge in [0.1, 0.15) is 5.75 Å². The average Bonchev–Trinajstić information content (AvgIpc) is 3.16. The Labute approximate surface area is 120 Å². The summed E-state index contributed by atoms with van der Waals surface area (Å²) in [7, 11) is 1.74. The van der Waals surface area contributed by atoms with E-state index in [0.29, 0.717) is 11.1 Å². The van der Waals surface area contributed by atoms with Gasteiger partial charge >= 0.3 is 0 Å². The molecule has 4 heteroatoms. The van der Waals surface area contributed by atoms with Gasteiger partial charge in [-0.1, -0.05) is 11.6 Å². The molecule has 0 aromatic heterocycles.